The molecule has 0 bridgehead atoms. The van der Waals surface area contributed by atoms with Crippen LogP contribution in [0.3, 0.4) is 0 Å². The van der Waals surface area contributed by atoms with E-state index in [-0.39, 0.29) is 5.82 Å². The Morgan fingerprint density at radius 2 is 2.18 bits per heavy atom. The fourth-order valence-corrected chi connectivity index (χ4v) is 2.09. The first kappa shape index (κ1) is 9.74. The van der Waals surface area contributed by atoms with Crippen LogP contribution in [-0.2, 0) is 5.88 Å². The summed E-state index contributed by atoms with van der Waals surface area (Å²) >= 11 is 10.9. The molecule has 0 heterocycles. The van der Waals surface area contributed by atoms with Gasteiger partial charge in [-0.05, 0) is 56.2 Å². The van der Waals surface area contributed by atoms with Gasteiger partial charge in [0.1, 0.15) is 5.82 Å². The molecule has 0 atom stereocenters. The minimum atomic E-state index is -0.242. The van der Waals surface area contributed by atoms with Gasteiger partial charge >= 0.3 is 0 Å². The second-order valence-electron chi connectivity index (χ2n) is 1.99. The van der Waals surface area contributed by atoms with Crippen molar-refractivity contribution in [1.82, 2.24) is 0 Å². The van der Waals surface area contributed by atoms with E-state index in [0.29, 0.717) is 5.88 Å². The van der Waals surface area contributed by atoms with Crippen molar-refractivity contribution in [1.29, 1.82) is 0 Å². The molecular weight excluding hydrogens is 345 g/mol. The molecule has 0 fully saturated rings. The van der Waals surface area contributed by atoms with Crippen LogP contribution in [0, 0.1) is 9.39 Å². The van der Waals surface area contributed by atoms with Crippen LogP contribution in [-0.4, -0.2) is 0 Å². The molecule has 0 aliphatic rings. The average molecular weight is 349 g/mol. The van der Waals surface area contributed by atoms with Crippen molar-refractivity contribution in [3.8, 4) is 0 Å². The number of alkyl halides is 1. The highest BCUT2D eigenvalue weighted by Crippen LogP contribution is 2.25. The van der Waals surface area contributed by atoms with Crippen LogP contribution in [0.4, 0.5) is 4.39 Å². The van der Waals surface area contributed by atoms with Gasteiger partial charge in [0.05, 0.1) is 0 Å². The van der Waals surface area contributed by atoms with Crippen molar-refractivity contribution < 1.29 is 4.39 Å². The highest BCUT2D eigenvalue weighted by Gasteiger charge is 2.04. The molecule has 0 aliphatic heterocycles. The predicted octanol–water partition coefficient (Wildman–Crippen LogP) is 3.93. The van der Waals surface area contributed by atoms with Crippen molar-refractivity contribution in [3.63, 3.8) is 0 Å². The molecule has 0 N–H and O–H groups in total. The Bertz CT molecular complexity index is 277. The van der Waals surface area contributed by atoms with Crippen molar-refractivity contribution in [2.75, 3.05) is 0 Å². The highest BCUT2D eigenvalue weighted by atomic mass is 127. The van der Waals surface area contributed by atoms with E-state index in [1.54, 1.807) is 0 Å². The summed E-state index contributed by atoms with van der Waals surface area (Å²) < 4.78 is 14.4. The Balaban J connectivity index is 3.24. The molecule has 0 aromatic heterocycles. The molecule has 0 aliphatic carbocycles. The number of rotatable bonds is 1. The van der Waals surface area contributed by atoms with Crippen LogP contribution >= 0.6 is 50.1 Å². The van der Waals surface area contributed by atoms with E-state index in [0.717, 1.165) is 13.6 Å². The third-order valence-corrected chi connectivity index (χ3v) is 4.03. The summed E-state index contributed by atoms with van der Waals surface area (Å²) in [7, 11) is 0. The lowest BCUT2D eigenvalue weighted by molar-refractivity contribution is 0.625. The smallest absolute Gasteiger partial charge is 0.124 e. The van der Waals surface area contributed by atoms with Gasteiger partial charge in [-0.25, -0.2) is 4.39 Å². The van der Waals surface area contributed by atoms with Gasteiger partial charge < -0.3 is 0 Å². The summed E-state index contributed by atoms with van der Waals surface area (Å²) in [5, 5.41) is 0. The molecule has 1 aromatic carbocycles. The van der Waals surface area contributed by atoms with Gasteiger partial charge in [0.15, 0.2) is 0 Å². The number of benzene rings is 1. The van der Waals surface area contributed by atoms with E-state index in [2.05, 4.69) is 38.5 Å². The topological polar surface area (TPSA) is 0 Å². The Kier molecular flexibility index (Phi) is 3.58. The van der Waals surface area contributed by atoms with Gasteiger partial charge in [-0.3, -0.25) is 0 Å². The normalized spacial score (nSPS) is 10.2. The first-order valence-corrected chi connectivity index (χ1v) is 5.25. The second kappa shape index (κ2) is 4.05. The van der Waals surface area contributed by atoms with Crippen molar-refractivity contribution >= 4 is 50.1 Å². The minimum Gasteiger partial charge on any atom is -0.207 e. The molecule has 1 rings (SSSR count). The predicted molar refractivity (Wildman–Crippen MR) is 56.4 cm³/mol. The molecule has 11 heavy (non-hydrogen) atoms. The van der Waals surface area contributed by atoms with Crippen LogP contribution in [0.1, 0.15) is 5.56 Å². The first-order chi connectivity index (χ1) is 5.15. The summed E-state index contributed by atoms with van der Waals surface area (Å²) in [6.07, 6.45) is 0. The van der Waals surface area contributed by atoms with Crippen LogP contribution in [0.25, 0.3) is 0 Å². The minimum absolute atomic E-state index is 0.242. The van der Waals surface area contributed by atoms with Crippen LogP contribution in [0.2, 0.25) is 0 Å². The number of hydrogen-bond acceptors (Lipinski definition) is 0. The maximum atomic E-state index is 12.7. The number of hydrogen-bond donors (Lipinski definition) is 0. The number of halogens is 4. The molecule has 0 amide bonds. The largest absolute Gasteiger partial charge is 0.207 e. The first-order valence-electron chi connectivity index (χ1n) is 2.84. The lowest BCUT2D eigenvalue weighted by Gasteiger charge is -2.02. The highest BCUT2D eigenvalue weighted by molar-refractivity contribution is 14.1. The van der Waals surface area contributed by atoms with E-state index < -0.39 is 0 Å². The van der Waals surface area contributed by atoms with Gasteiger partial charge in [-0.1, -0.05) is 0 Å². The van der Waals surface area contributed by atoms with Gasteiger partial charge in [-0.15, -0.1) is 11.6 Å². The van der Waals surface area contributed by atoms with Crippen molar-refractivity contribution in [2.24, 2.45) is 0 Å². The lowest BCUT2D eigenvalue weighted by atomic mass is 10.2. The third kappa shape index (κ3) is 2.29. The van der Waals surface area contributed by atoms with E-state index >= 15 is 0 Å². The Hall–Kier alpha value is 0.650. The van der Waals surface area contributed by atoms with E-state index in [1.807, 2.05) is 0 Å². The van der Waals surface area contributed by atoms with E-state index in [9.17, 15) is 4.39 Å². The zero-order chi connectivity index (χ0) is 8.43. The van der Waals surface area contributed by atoms with E-state index in [1.165, 1.54) is 12.1 Å². The summed E-state index contributed by atoms with van der Waals surface area (Å²) in [5.74, 6) is 0.0854. The Morgan fingerprint density at radius 3 is 2.73 bits per heavy atom. The molecule has 0 nitrogen and oxygen atoms in total. The molecule has 1 aromatic rings. The van der Waals surface area contributed by atoms with Crippen LogP contribution in [0.5, 0.6) is 0 Å². The summed E-state index contributed by atoms with van der Waals surface area (Å²) in [4.78, 5) is 0. The summed E-state index contributed by atoms with van der Waals surface area (Å²) in [6, 6.07) is 2.89. The van der Waals surface area contributed by atoms with Crippen LogP contribution < -0.4 is 0 Å². The molecule has 4 heteroatoms. The SMILES string of the molecule is Fc1cc(I)c(Br)c(CCl)c1. The molecule has 0 unspecified atom stereocenters. The monoisotopic (exact) mass is 348 g/mol. The van der Waals surface area contributed by atoms with Crippen LogP contribution in [0.15, 0.2) is 16.6 Å². The molecule has 0 radical (unpaired) electrons. The molecular formula is C7H4BrClFI. The van der Waals surface area contributed by atoms with Crippen molar-refractivity contribution in [3.05, 3.63) is 31.6 Å². The van der Waals surface area contributed by atoms with Gasteiger partial charge in [0, 0.05) is 13.9 Å². The zero-order valence-electron chi connectivity index (χ0n) is 5.37. The Morgan fingerprint density at radius 1 is 1.55 bits per heavy atom. The standard InChI is InChI=1S/C7H4BrClFI/c8-7-4(3-9)1-5(10)2-6(7)11/h1-2H,3H2. The maximum Gasteiger partial charge on any atom is 0.124 e. The second-order valence-corrected chi connectivity index (χ2v) is 4.22. The fourth-order valence-electron chi connectivity index (χ4n) is 0.707. The Labute approximate surface area is 91.4 Å². The third-order valence-electron chi connectivity index (χ3n) is 1.21. The summed E-state index contributed by atoms with van der Waals surface area (Å²) in [6.45, 7) is 0. The lowest BCUT2D eigenvalue weighted by Crippen LogP contribution is -1.87. The maximum absolute atomic E-state index is 12.7. The molecule has 0 spiro atoms. The zero-order valence-corrected chi connectivity index (χ0v) is 9.87. The van der Waals surface area contributed by atoms with Crippen molar-refractivity contribution in [2.45, 2.75) is 5.88 Å². The van der Waals surface area contributed by atoms with E-state index in [4.69, 9.17) is 11.6 Å². The quantitative estimate of drug-likeness (QED) is 0.409. The molecule has 0 saturated heterocycles. The summed E-state index contributed by atoms with van der Waals surface area (Å²) in [5.41, 5.74) is 0.788. The molecule has 0 saturated carbocycles. The van der Waals surface area contributed by atoms with Gasteiger partial charge in [0.25, 0.3) is 0 Å². The fraction of sp³-hybridized carbons (Fsp3) is 0.143. The molecule has 60 valence electrons. The van der Waals surface area contributed by atoms with Gasteiger partial charge in [-0.2, -0.15) is 0 Å². The average Bonchev–Trinajstić information content (AvgIpc) is 1.96. The van der Waals surface area contributed by atoms with Gasteiger partial charge in [0.2, 0.25) is 0 Å².